The van der Waals surface area contributed by atoms with Crippen molar-refractivity contribution >= 4 is 5.96 Å². The zero-order valence-corrected chi connectivity index (χ0v) is 15.9. The molecule has 5 nitrogen and oxygen atoms in total. The van der Waals surface area contributed by atoms with E-state index in [9.17, 15) is 8.78 Å². The highest BCUT2D eigenvalue weighted by molar-refractivity contribution is 5.79. The third-order valence-electron chi connectivity index (χ3n) is 4.39. The molecule has 28 heavy (non-hydrogen) atoms. The van der Waals surface area contributed by atoms with E-state index in [4.69, 9.17) is 0 Å². The molecule has 0 unspecified atom stereocenters. The van der Waals surface area contributed by atoms with Gasteiger partial charge >= 0.3 is 0 Å². The van der Waals surface area contributed by atoms with Gasteiger partial charge in [-0.25, -0.2) is 13.8 Å². The predicted octanol–water partition coefficient (Wildman–Crippen LogP) is 3.60. The maximum absolute atomic E-state index is 13.7. The molecule has 0 aliphatic carbocycles. The Morgan fingerprint density at radius 1 is 1.11 bits per heavy atom. The maximum atomic E-state index is 13.7. The summed E-state index contributed by atoms with van der Waals surface area (Å²) in [5, 5.41) is 3.13. The Morgan fingerprint density at radius 3 is 2.50 bits per heavy atom. The first-order valence-electron chi connectivity index (χ1n) is 9.02. The fourth-order valence-corrected chi connectivity index (χ4v) is 2.96. The Morgan fingerprint density at radius 2 is 1.82 bits per heavy atom. The summed E-state index contributed by atoms with van der Waals surface area (Å²) in [6.07, 6.45) is 2.03. The van der Waals surface area contributed by atoms with Gasteiger partial charge in [-0.3, -0.25) is 4.99 Å². The van der Waals surface area contributed by atoms with Crippen LogP contribution in [0.15, 0.2) is 59.7 Å². The normalized spacial score (nSPS) is 11.5. The van der Waals surface area contributed by atoms with E-state index in [0.29, 0.717) is 19.0 Å². The molecule has 146 valence electrons. The Bertz CT molecular complexity index is 917. The average molecular weight is 383 g/mol. The molecular formula is C21H23F2N5. The van der Waals surface area contributed by atoms with E-state index in [0.717, 1.165) is 17.1 Å². The summed E-state index contributed by atoms with van der Waals surface area (Å²) in [4.78, 5) is 13.8. The SMILES string of the molecule is CN=C(NCCc1c(F)cccc1F)N(C)Cc1ncc(-c2ccccc2)[nH]1. The first kappa shape index (κ1) is 19.5. The lowest BCUT2D eigenvalue weighted by Gasteiger charge is -2.21. The number of benzene rings is 2. The van der Waals surface area contributed by atoms with Gasteiger partial charge in [0.05, 0.1) is 18.4 Å². The minimum absolute atomic E-state index is 0.0756. The van der Waals surface area contributed by atoms with Gasteiger partial charge < -0.3 is 15.2 Å². The average Bonchev–Trinajstić information content (AvgIpc) is 3.16. The number of nitrogens with one attached hydrogen (secondary N) is 2. The molecular weight excluding hydrogens is 360 g/mol. The van der Waals surface area contributed by atoms with Gasteiger partial charge in [0.2, 0.25) is 0 Å². The first-order valence-corrected chi connectivity index (χ1v) is 9.02. The van der Waals surface area contributed by atoms with Crippen molar-refractivity contribution in [1.29, 1.82) is 0 Å². The number of aromatic amines is 1. The summed E-state index contributed by atoms with van der Waals surface area (Å²) in [6, 6.07) is 13.9. The molecule has 3 aromatic rings. The molecule has 1 heterocycles. The summed E-state index contributed by atoms with van der Waals surface area (Å²) < 4.78 is 27.4. The highest BCUT2D eigenvalue weighted by Crippen LogP contribution is 2.16. The number of imidazole rings is 1. The number of H-pyrrole nitrogens is 1. The van der Waals surface area contributed by atoms with Gasteiger partial charge in [0.1, 0.15) is 17.5 Å². The topological polar surface area (TPSA) is 56.3 Å². The fraction of sp³-hybridized carbons (Fsp3) is 0.238. The molecule has 0 atom stereocenters. The standard InChI is InChI=1S/C21H23F2N5/c1-24-21(25-12-11-16-17(22)9-6-10-18(16)23)28(2)14-20-26-13-19(27-20)15-7-4-3-5-8-15/h3-10,13H,11-12,14H2,1-2H3,(H,24,25)(H,26,27). The first-order chi connectivity index (χ1) is 13.6. The summed E-state index contributed by atoms with van der Waals surface area (Å²) in [6.45, 7) is 0.878. The van der Waals surface area contributed by atoms with Crippen molar-refractivity contribution in [3.8, 4) is 11.3 Å². The van der Waals surface area contributed by atoms with Crippen LogP contribution in [0.4, 0.5) is 8.78 Å². The third-order valence-corrected chi connectivity index (χ3v) is 4.39. The molecule has 0 radical (unpaired) electrons. The minimum Gasteiger partial charge on any atom is -0.356 e. The second-order valence-electron chi connectivity index (χ2n) is 6.39. The maximum Gasteiger partial charge on any atom is 0.193 e. The second-order valence-corrected chi connectivity index (χ2v) is 6.39. The van der Waals surface area contributed by atoms with Crippen molar-refractivity contribution in [3.63, 3.8) is 0 Å². The van der Waals surface area contributed by atoms with Crippen LogP contribution in [-0.2, 0) is 13.0 Å². The highest BCUT2D eigenvalue weighted by Gasteiger charge is 2.12. The van der Waals surface area contributed by atoms with Crippen LogP contribution in [0.3, 0.4) is 0 Å². The lowest BCUT2D eigenvalue weighted by Crippen LogP contribution is -2.39. The van der Waals surface area contributed by atoms with E-state index < -0.39 is 11.6 Å². The zero-order valence-electron chi connectivity index (χ0n) is 15.9. The van der Waals surface area contributed by atoms with Crippen LogP contribution in [0.5, 0.6) is 0 Å². The zero-order chi connectivity index (χ0) is 19.9. The van der Waals surface area contributed by atoms with Crippen LogP contribution in [0, 0.1) is 11.6 Å². The predicted molar refractivity (Wildman–Crippen MR) is 107 cm³/mol. The smallest absolute Gasteiger partial charge is 0.193 e. The van der Waals surface area contributed by atoms with E-state index in [1.165, 1.54) is 18.2 Å². The van der Waals surface area contributed by atoms with E-state index in [1.54, 1.807) is 13.2 Å². The van der Waals surface area contributed by atoms with Crippen LogP contribution >= 0.6 is 0 Å². The number of halogens is 2. The van der Waals surface area contributed by atoms with Crippen molar-refractivity contribution < 1.29 is 8.78 Å². The number of aromatic nitrogens is 2. The van der Waals surface area contributed by atoms with Gasteiger partial charge in [0.15, 0.2) is 5.96 Å². The van der Waals surface area contributed by atoms with Crippen molar-refractivity contribution in [2.45, 2.75) is 13.0 Å². The number of hydrogen-bond donors (Lipinski definition) is 2. The molecule has 2 N–H and O–H groups in total. The van der Waals surface area contributed by atoms with Gasteiger partial charge in [0, 0.05) is 26.2 Å². The minimum atomic E-state index is -0.533. The molecule has 0 aliphatic heterocycles. The van der Waals surface area contributed by atoms with Gasteiger partial charge in [-0.15, -0.1) is 0 Å². The van der Waals surface area contributed by atoms with Crippen LogP contribution in [0.2, 0.25) is 0 Å². The molecule has 0 saturated carbocycles. The number of guanidine groups is 1. The van der Waals surface area contributed by atoms with E-state index in [1.807, 2.05) is 42.3 Å². The molecule has 0 amide bonds. The Labute approximate surface area is 163 Å². The highest BCUT2D eigenvalue weighted by atomic mass is 19.1. The van der Waals surface area contributed by atoms with Gasteiger partial charge in [-0.2, -0.15) is 0 Å². The fourth-order valence-electron chi connectivity index (χ4n) is 2.96. The molecule has 1 aromatic heterocycles. The van der Waals surface area contributed by atoms with E-state index in [2.05, 4.69) is 20.3 Å². The largest absolute Gasteiger partial charge is 0.356 e. The summed E-state index contributed by atoms with van der Waals surface area (Å²) in [7, 11) is 3.55. The summed E-state index contributed by atoms with van der Waals surface area (Å²) in [5.74, 6) is 0.349. The van der Waals surface area contributed by atoms with Crippen molar-refractivity contribution in [2.75, 3.05) is 20.6 Å². The molecule has 3 rings (SSSR count). The van der Waals surface area contributed by atoms with Crippen LogP contribution < -0.4 is 5.32 Å². The second kappa shape index (κ2) is 9.12. The van der Waals surface area contributed by atoms with Gasteiger partial charge in [-0.05, 0) is 24.1 Å². The van der Waals surface area contributed by atoms with Gasteiger partial charge in [-0.1, -0.05) is 36.4 Å². The van der Waals surface area contributed by atoms with Crippen molar-refractivity contribution in [3.05, 3.63) is 77.8 Å². The number of hydrogen-bond acceptors (Lipinski definition) is 2. The molecule has 0 spiro atoms. The molecule has 0 bridgehead atoms. The van der Waals surface area contributed by atoms with Crippen molar-refractivity contribution in [2.24, 2.45) is 4.99 Å². The quantitative estimate of drug-likeness (QED) is 0.505. The van der Waals surface area contributed by atoms with Crippen LogP contribution in [0.1, 0.15) is 11.4 Å². The van der Waals surface area contributed by atoms with E-state index >= 15 is 0 Å². The Hall–Kier alpha value is -3.22. The lowest BCUT2D eigenvalue weighted by molar-refractivity contribution is 0.463. The molecule has 0 saturated heterocycles. The summed E-state index contributed by atoms with van der Waals surface area (Å²) >= 11 is 0. The third kappa shape index (κ3) is 4.73. The monoisotopic (exact) mass is 383 g/mol. The number of nitrogens with zero attached hydrogens (tertiary/aromatic N) is 3. The van der Waals surface area contributed by atoms with Gasteiger partial charge in [0.25, 0.3) is 0 Å². The lowest BCUT2D eigenvalue weighted by atomic mass is 10.1. The molecule has 0 fully saturated rings. The van der Waals surface area contributed by atoms with Crippen LogP contribution in [0.25, 0.3) is 11.3 Å². The molecule has 2 aromatic carbocycles. The molecule has 7 heteroatoms. The number of rotatable bonds is 6. The van der Waals surface area contributed by atoms with E-state index in [-0.39, 0.29) is 12.0 Å². The summed E-state index contributed by atoms with van der Waals surface area (Å²) in [5.41, 5.74) is 2.09. The Kier molecular flexibility index (Phi) is 6.37. The van der Waals surface area contributed by atoms with Crippen molar-refractivity contribution in [1.82, 2.24) is 20.2 Å². The Balaban J connectivity index is 1.57. The van der Waals surface area contributed by atoms with Crippen LogP contribution in [-0.4, -0.2) is 41.5 Å². The molecule has 0 aliphatic rings. The number of aliphatic imine (C=N–C) groups is 1.